The molecule has 0 aliphatic carbocycles. The molecule has 0 spiro atoms. The average molecular weight is 194 g/mol. The van der Waals surface area contributed by atoms with Crippen LogP contribution in [0.4, 0.5) is 0 Å². The zero-order valence-electron chi connectivity index (χ0n) is 8.65. The summed E-state index contributed by atoms with van der Waals surface area (Å²) in [4.78, 5) is 10.9. The number of ether oxygens (including phenoxy) is 1. The van der Waals surface area contributed by atoms with Gasteiger partial charge in [-0.15, -0.1) is 0 Å². The van der Waals surface area contributed by atoms with Crippen LogP contribution in [-0.4, -0.2) is 22.9 Å². The van der Waals surface area contributed by atoms with Crippen LogP contribution in [0.1, 0.15) is 19.4 Å². The third-order valence-electron chi connectivity index (χ3n) is 1.95. The zero-order chi connectivity index (χ0) is 10.6. The molecule has 0 radical (unpaired) electrons. The van der Waals surface area contributed by atoms with Gasteiger partial charge in [0.1, 0.15) is 0 Å². The Morgan fingerprint density at radius 2 is 2.43 bits per heavy atom. The van der Waals surface area contributed by atoms with Crippen molar-refractivity contribution < 1.29 is 9.53 Å². The smallest absolute Gasteiger partial charge is 0.330 e. The SMILES string of the molecule is CCn1cc(C(C)=CC(=O)OC)cn1. The van der Waals surface area contributed by atoms with Crippen molar-refractivity contribution in [2.45, 2.75) is 20.4 Å². The topological polar surface area (TPSA) is 44.1 Å². The lowest BCUT2D eigenvalue weighted by molar-refractivity contribution is -0.134. The minimum absolute atomic E-state index is 0.341. The van der Waals surface area contributed by atoms with E-state index in [2.05, 4.69) is 9.84 Å². The average Bonchev–Trinajstić information content (AvgIpc) is 2.65. The Kier molecular flexibility index (Phi) is 3.45. The highest BCUT2D eigenvalue weighted by Crippen LogP contribution is 2.12. The molecule has 76 valence electrons. The first kappa shape index (κ1) is 10.5. The molecule has 1 aromatic heterocycles. The summed E-state index contributed by atoms with van der Waals surface area (Å²) in [6.45, 7) is 4.69. The van der Waals surface area contributed by atoms with Crippen LogP contribution in [0.3, 0.4) is 0 Å². The number of hydrogen-bond acceptors (Lipinski definition) is 3. The Balaban J connectivity index is 2.83. The fourth-order valence-corrected chi connectivity index (χ4v) is 1.06. The van der Waals surface area contributed by atoms with Crippen LogP contribution in [0.5, 0.6) is 0 Å². The van der Waals surface area contributed by atoms with Gasteiger partial charge in [0.2, 0.25) is 0 Å². The summed E-state index contributed by atoms with van der Waals surface area (Å²) in [5.74, 6) is -0.341. The molecule has 0 atom stereocenters. The molecule has 0 aliphatic heterocycles. The molecular formula is C10H14N2O2. The van der Waals surface area contributed by atoms with Gasteiger partial charge in [-0.2, -0.15) is 5.10 Å². The molecule has 4 nitrogen and oxygen atoms in total. The number of allylic oxidation sites excluding steroid dienone is 1. The van der Waals surface area contributed by atoms with Crippen molar-refractivity contribution in [3.05, 3.63) is 24.0 Å². The number of aryl methyl sites for hydroxylation is 1. The molecule has 1 heterocycles. The predicted molar refractivity (Wildman–Crippen MR) is 53.6 cm³/mol. The van der Waals surface area contributed by atoms with E-state index in [4.69, 9.17) is 0 Å². The Morgan fingerprint density at radius 3 is 2.93 bits per heavy atom. The predicted octanol–water partition coefficient (Wildman–Crippen LogP) is 1.48. The van der Waals surface area contributed by atoms with Gasteiger partial charge in [-0.05, 0) is 19.4 Å². The Labute approximate surface area is 83.2 Å². The molecule has 0 saturated carbocycles. The first-order chi connectivity index (χ1) is 6.67. The van der Waals surface area contributed by atoms with Gasteiger partial charge in [-0.25, -0.2) is 4.79 Å². The second-order valence-corrected chi connectivity index (χ2v) is 2.94. The third kappa shape index (κ3) is 2.45. The molecule has 0 saturated heterocycles. The van der Waals surface area contributed by atoms with E-state index in [9.17, 15) is 4.79 Å². The van der Waals surface area contributed by atoms with Crippen molar-refractivity contribution >= 4 is 11.5 Å². The zero-order valence-corrected chi connectivity index (χ0v) is 8.65. The van der Waals surface area contributed by atoms with Gasteiger partial charge >= 0.3 is 5.97 Å². The molecular weight excluding hydrogens is 180 g/mol. The second-order valence-electron chi connectivity index (χ2n) is 2.94. The van der Waals surface area contributed by atoms with Crippen molar-refractivity contribution in [1.29, 1.82) is 0 Å². The molecule has 1 aromatic rings. The monoisotopic (exact) mass is 194 g/mol. The molecule has 1 rings (SSSR count). The van der Waals surface area contributed by atoms with E-state index in [1.54, 1.807) is 6.20 Å². The van der Waals surface area contributed by atoms with E-state index in [1.165, 1.54) is 13.2 Å². The van der Waals surface area contributed by atoms with Crippen LogP contribution in [0.2, 0.25) is 0 Å². The number of aromatic nitrogens is 2. The fraction of sp³-hybridized carbons (Fsp3) is 0.400. The van der Waals surface area contributed by atoms with Gasteiger partial charge in [0.25, 0.3) is 0 Å². The maximum atomic E-state index is 10.9. The lowest BCUT2D eigenvalue weighted by atomic mass is 10.1. The van der Waals surface area contributed by atoms with Crippen molar-refractivity contribution in [2.24, 2.45) is 0 Å². The first-order valence-electron chi connectivity index (χ1n) is 4.46. The van der Waals surface area contributed by atoms with Crippen molar-refractivity contribution in [2.75, 3.05) is 7.11 Å². The number of esters is 1. The molecule has 0 aromatic carbocycles. The summed E-state index contributed by atoms with van der Waals surface area (Å²) < 4.78 is 6.34. The molecule has 0 amide bonds. The minimum Gasteiger partial charge on any atom is -0.466 e. The standard InChI is InChI=1S/C10H14N2O2/c1-4-12-7-9(6-11-12)8(2)5-10(13)14-3/h5-7H,4H2,1-3H3. The third-order valence-corrected chi connectivity index (χ3v) is 1.95. The summed E-state index contributed by atoms with van der Waals surface area (Å²) >= 11 is 0. The maximum absolute atomic E-state index is 10.9. The molecule has 0 aliphatic rings. The summed E-state index contributed by atoms with van der Waals surface area (Å²) in [5, 5.41) is 4.11. The molecule has 0 bridgehead atoms. The van der Waals surface area contributed by atoms with Crippen LogP contribution in [0, 0.1) is 0 Å². The highest BCUT2D eigenvalue weighted by Gasteiger charge is 2.02. The van der Waals surface area contributed by atoms with Crippen molar-refractivity contribution in [1.82, 2.24) is 9.78 Å². The van der Waals surface area contributed by atoms with Crippen LogP contribution >= 0.6 is 0 Å². The van der Waals surface area contributed by atoms with Crippen LogP contribution in [-0.2, 0) is 16.1 Å². The Bertz CT molecular complexity index is 353. The van der Waals surface area contributed by atoms with Crippen LogP contribution < -0.4 is 0 Å². The normalized spacial score (nSPS) is 11.5. The van der Waals surface area contributed by atoms with Gasteiger partial charge in [-0.1, -0.05) is 0 Å². The van der Waals surface area contributed by atoms with E-state index < -0.39 is 0 Å². The number of rotatable bonds is 3. The number of hydrogen-bond donors (Lipinski definition) is 0. The summed E-state index contributed by atoms with van der Waals surface area (Å²) in [6.07, 6.45) is 5.09. The van der Waals surface area contributed by atoms with E-state index >= 15 is 0 Å². The van der Waals surface area contributed by atoms with Crippen LogP contribution in [0.25, 0.3) is 5.57 Å². The first-order valence-corrected chi connectivity index (χ1v) is 4.46. The van der Waals surface area contributed by atoms with Gasteiger partial charge in [-0.3, -0.25) is 4.68 Å². The molecule has 0 unspecified atom stereocenters. The Hall–Kier alpha value is -1.58. The molecule has 0 N–H and O–H groups in total. The number of carbonyl (C=O) groups excluding carboxylic acids is 1. The second kappa shape index (κ2) is 4.60. The lowest BCUT2D eigenvalue weighted by Crippen LogP contribution is -1.95. The maximum Gasteiger partial charge on any atom is 0.330 e. The number of nitrogens with zero attached hydrogens (tertiary/aromatic N) is 2. The molecule has 14 heavy (non-hydrogen) atoms. The summed E-state index contributed by atoms with van der Waals surface area (Å²) in [5.41, 5.74) is 1.80. The quantitative estimate of drug-likeness (QED) is 0.540. The number of carbonyl (C=O) groups is 1. The highest BCUT2D eigenvalue weighted by atomic mass is 16.5. The highest BCUT2D eigenvalue weighted by molar-refractivity contribution is 5.90. The van der Waals surface area contributed by atoms with E-state index in [1.807, 2.05) is 24.7 Å². The summed E-state index contributed by atoms with van der Waals surface area (Å²) in [6, 6.07) is 0. The Morgan fingerprint density at radius 1 is 1.71 bits per heavy atom. The van der Waals surface area contributed by atoms with Crippen molar-refractivity contribution in [3.8, 4) is 0 Å². The molecule has 4 heteroatoms. The minimum atomic E-state index is -0.341. The van der Waals surface area contributed by atoms with Crippen molar-refractivity contribution in [3.63, 3.8) is 0 Å². The van der Waals surface area contributed by atoms with E-state index in [0.717, 1.165) is 17.7 Å². The van der Waals surface area contributed by atoms with Gasteiger partial charge in [0.15, 0.2) is 0 Å². The van der Waals surface area contributed by atoms with Gasteiger partial charge < -0.3 is 4.74 Å². The van der Waals surface area contributed by atoms with Crippen LogP contribution in [0.15, 0.2) is 18.5 Å². The lowest BCUT2D eigenvalue weighted by Gasteiger charge is -1.96. The molecule has 0 fully saturated rings. The summed E-state index contributed by atoms with van der Waals surface area (Å²) in [7, 11) is 1.36. The van der Waals surface area contributed by atoms with Gasteiger partial charge in [0, 0.05) is 24.4 Å². The fourth-order valence-electron chi connectivity index (χ4n) is 1.06. The largest absolute Gasteiger partial charge is 0.466 e. The number of methoxy groups -OCH3 is 1. The van der Waals surface area contributed by atoms with E-state index in [0.29, 0.717) is 0 Å². The van der Waals surface area contributed by atoms with Gasteiger partial charge in [0.05, 0.1) is 13.3 Å². The van der Waals surface area contributed by atoms with E-state index in [-0.39, 0.29) is 5.97 Å².